The lowest BCUT2D eigenvalue weighted by molar-refractivity contribution is -0.124. The summed E-state index contributed by atoms with van der Waals surface area (Å²) in [5.74, 6) is 1.53. The lowest BCUT2D eigenvalue weighted by Gasteiger charge is -2.40. The van der Waals surface area contributed by atoms with Crippen molar-refractivity contribution >= 4 is 5.78 Å². The van der Waals surface area contributed by atoms with Crippen molar-refractivity contribution in [2.45, 2.75) is 76.4 Å². The van der Waals surface area contributed by atoms with Crippen LogP contribution in [-0.2, 0) is 4.79 Å². The summed E-state index contributed by atoms with van der Waals surface area (Å²) >= 11 is 0. The van der Waals surface area contributed by atoms with E-state index in [9.17, 15) is 4.79 Å². The van der Waals surface area contributed by atoms with Gasteiger partial charge in [0.05, 0.1) is 0 Å². The molecule has 3 fully saturated rings. The Bertz CT molecular complexity index is 268. The third-order valence-corrected chi connectivity index (χ3v) is 4.80. The summed E-state index contributed by atoms with van der Waals surface area (Å²) in [4.78, 5) is 14.3. The third kappa shape index (κ3) is 1.92. The maximum Gasteiger partial charge on any atom is 0.136 e. The van der Waals surface area contributed by atoms with Gasteiger partial charge in [0.15, 0.2) is 0 Å². The molecule has 3 unspecified atom stereocenters. The molecule has 0 spiro atoms. The molecule has 1 saturated carbocycles. The number of carbonyl (C=O) groups is 1. The largest absolute Gasteiger partial charge is 0.300 e. The first kappa shape index (κ1) is 10.8. The van der Waals surface area contributed by atoms with Crippen molar-refractivity contribution < 1.29 is 4.79 Å². The number of nitrogens with zero attached hydrogens (tertiary/aromatic N) is 1. The van der Waals surface area contributed by atoms with E-state index in [4.69, 9.17) is 0 Å². The van der Waals surface area contributed by atoms with Crippen LogP contribution in [0.5, 0.6) is 0 Å². The zero-order valence-corrected chi connectivity index (χ0v) is 10.3. The SMILES string of the molecule is CCC(CC1CC1)N1C2CCC1CC(=O)C2. The van der Waals surface area contributed by atoms with Gasteiger partial charge in [-0.3, -0.25) is 9.69 Å². The first-order valence-electron chi connectivity index (χ1n) is 7.07. The Morgan fingerprint density at radius 3 is 2.31 bits per heavy atom. The van der Waals surface area contributed by atoms with Crippen LogP contribution in [0.15, 0.2) is 0 Å². The molecule has 2 heteroatoms. The van der Waals surface area contributed by atoms with E-state index in [-0.39, 0.29) is 0 Å². The number of fused-ring (bicyclic) bond motifs is 2. The van der Waals surface area contributed by atoms with Crippen molar-refractivity contribution in [1.29, 1.82) is 0 Å². The average molecular weight is 221 g/mol. The Hall–Kier alpha value is -0.370. The van der Waals surface area contributed by atoms with Gasteiger partial charge in [-0.25, -0.2) is 0 Å². The van der Waals surface area contributed by atoms with E-state index in [0.717, 1.165) is 24.8 Å². The zero-order valence-electron chi connectivity index (χ0n) is 10.3. The molecule has 0 radical (unpaired) electrons. The number of rotatable bonds is 4. The van der Waals surface area contributed by atoms with Crippen molar-refractivity contribution in [2.24, 2.45) is 5.92 Å². The van der Waals surface area contributed by atoms with Crippen molar-refractivity contribution in [3.05, 3.63) is 0 Å². The third-order valence-electron chi connectivity index (χ3n) is 4.80. The minimum absolute atomic E-state index is 0.519. The molecule has 0 aromatic carbocycles. The molecule has 2 aliphatic heterocycles. The second-order valence-corrected chi connectivity index (χ2v) is 6.02. The van der Waals surface area contributed by atoms with Crippen LogP contribution in [0.2, 0.25) is 0 Å². The van der Waals surface area contributed by atoms with Crippen molar-refractivity contribution in [3.8, 4) is 0 Å². The fourth-order valence-electron chi connectivity index (χ4n) is 3.84. The van der Waals surface area contributed by atoms with Crippen LogP contribution in [0.25, 0.3) is 0 Å². The molecule has 2 heterocycles. The summed E-state index contributed by atoms with van der Waals surface area (Å²) in [6, 6.07) is 1.99. The molecule has 3 aliphatic rings. The summed E-state index contributed by atoms with van der Waals surface area (Å²) < 4.78 is 0. The Morgan fingerprint density at radius 2 is 1.81 bits per heavy atom. The van der Waals surface area contributed by atoms with Gasteiger partial charge in [0, 0.05) is 31.0 Å². The van der Waals surface area contributed by atoms with Gasteiger partial charge in [-0.05, 0) is 31.6 Å². The van der Waals surface area contributed by atoms with Gasteiger partial charge in [-0.15, -0.1) is 0 Å². The van der Waals surface area contributed by atoms with Crippen LogP contribution in [0.1, 0.15) is 58.3 Å². The highest BCUT2D eigenvalue weighted by Crippen LogP contribution is 2.41. The predicted octanol–water partition coefficient (Wildman–Crippen LogP) is 2.76. The number of hydrogen-bond donors (Lipinski definition) is 0. The Kier molecular flexibility index (Phi) is 2.78. The summed E-state index contributed by atoms with van der Waals surface area (Å²) in [7, 11) is 0. The fourth-order valence-corrected chi connectivity index (χ4v) is 3.84. The van der Waals surface area contributed by atoms with E-state index in [0.29, 0.717) is 17.9 Å². The number of Topliss-reactive ketones (excluding diaryl/α,β-unsaturated/α-hetero) is 1. The molecule has 0 aromatic heterocycles. The summed E-state index contributed by atoms with van der Waals surface area (Å²) in [6.45, 7) is 2.32. The summed E-state index contributed by atoms with van der Waals surface area (Å²) in [6.07, 6.45) is 9.83. The number of hydrogen-bond acceptors (Lipinski definition) is 2. The molecular weight excluding hydrogens is 198 g/mol. The predicted molar refractivity (Wildman–Crippen MR) is 64.3 cm³/mol. The van der Waals surface area contributed by atoms with Crippen LogP contribution in [-0.4, -0.2) is 28.8 Å². The second-order valence-electron chi connectivity index (χ2n) is 6.02. The van der Waals surface area contributed by atoms with Gasteiger partial charge < -0.3 is 0 Å². The van der Waals surface area contributed by atoms with Crippen LogP contribution in [0, 0.1) is 5.92 Å². The van der Waals surface area contributed by atoms with Gasteiger partial charge in [-0.2, -0.15) is 0 Å². The van der Waals surface area contributed by atoms with E-state index in [1.807, 2.05) is 0 Å². The van der Waals surface area contributed by atoms with Crippen LogP contribution in [0.4, 0.5) is 0 Å². The zero-order chi connectivity index (χ0) is 11.1. The van der Waals surface area contributed by atoms with Crippen LogP contribution in [0.3, 0.4) is 0 Å². The van der Waals surface area contributed by atoms with Gasteiger partial charge >= 0.3 is 0 Å². The van der Waals surface area contributed by atoms with E-state index in [1.54, 1.807) is 0 Å². The Labute approximate surface area is 98.4 Å². The summed E-state index contributed by atoms with van der Waals surface area (Å²) in [5.41, 5.74) is 0. The summed E-state index contributed by atoms with van der Waals surface area (Å²) in [5, 5.41) is 0. The maximum absolute atomic E-state index is 11.6. The highest BCUT2D eigenvalue weighted by atomic mass is 16.1. The highest BCUT2D eigenvalue weighted by molar-refractivity contribution is 5.81. The topological polar surface area (TPSA) is 20.3 Å². The van der Waals surface area contributed by atoms with Gasteiger partial charge in [0.2, 0.25) is 0 Å². The molecule has 3 atom stereocenters. The lowest BCUT2D eigenvalue weighted by Crippen LogP contribution is -2.49. The molecular formula is C14H23NO. The molecule has 0 N–H and O–H groups in total. The second kappa shape index (κ2) is 4.14. The van der Waals surface area contributed by atoms with Crippen LogP contribution >= 0.6 is 0 Å². The molecule has 2 bridgehead atoms. The van der Waals surface area contributed by atoms with E-state index < -0.39 is 0 Å². The molecule has 3 rings (SSSR count). The van der Waals surface area contributed by atoms with Crippen molar-refractivity contribution in [2.75, 3.05) is 0 Å². The first-order valence-corrected chi connectivity index (χ1v) is 7.07. The monoisotopic (exact) mass is 221 g/mol. The van der Waals surface area contributed by atoms with Crippen LogP contribution < -0.4 is 0 Å². The smallest absolute Gasteiger partial charge is 0.136 e. The molecule has 16 heavy (non-hydrogen) atoms. The molecule has 2 nitrogen and oxygen atoms in total. The lowest BCUT2D eigenvalue weighted by atomic mass is 9.95. The minimum Gasteiger partial charge on any atom is -0.300 e. The highest BCUT2D eigenvalue weighted by Gasteiger charge is 2.43. The van der Waals surface area contributed by atoms with Gasteiger partial charge in [0.1, 0.15) is 5.78 Å². The average Bonchev–Trinajstić information content (AvgIpc) is 3.03. The molecule has 1 aliphatic carbocycles. The Balaban J connectivity index is 1.70. The number of ketones is 1. The minimum atomic E-state index is 0.519. The molecule has 2 saturated heterocycles. The van der Waals surface area contributed by atoms with Crippen molar-refractivity contribution in [3.63, 3.8) is 0 Å². The molecule has 90 valence electrons. The number of piperidine rings is 1. The quantitative estimate of drug-likeness (QED) is 0.727. The van der Waals surface area contributed by atoms with Crippen molar-refractivity contribution in [1.82, 2.24) is 4.90 Å². The molecule has 0 amide bonds. The van der Waals surface area contributed by atoms with E-state index >= 15 is 0 Å². The maximum atomic E-state index is 11.6. The first-order chi connectivity index (χ1) is 7.78. The standard InChI is InChI=1S/C14H23NO/c1-2-11(7-10-3-4-10)15-12-5-6-13(15)9-14(16)8-12/h10-13H,2-9H2,1H3. The molecule has 0 aromatic rings. The fraction of sp³-hybridized carbons (Fsp3) is 0.929. The van der Waals surface area contributed by atoms with E-state index in [1.165, 1.54) is 38.5 Å². The van der Waals surface area contributed by atoms with Gasteiger partial charge in [-0.1, -0.05) is 19.8 Å². The van der Waals surface area contributed by atoms with Gasteiger partial charge in [0.25, 0.3) is 0 Å². The Morgan fingerprint density at radius 1 is 1.19 bits per heavy atom. The normalized spacial score (nSPS) is 36.7. The number of carbonyl (C=O) groups excluding carboxylic acids is 1. The van der Waals surface area contributed by atoms with E-state index in [2.05, 4.69) is 11.8 Å².